The topological polar surface area (TPSA) is 45.3 Å². The van der Waals surface area contributed by atoms with Gasteiger partial charge in [0.2, 0.25) is 0 Å². The molecule has 0 bridgehead atoms. The summed E-state index contributed by atoms with van der Waals surface area (Å²) in [5.74, 6) is 0.265. The van der Waals surface area contributed by atoms with Crippen LogP contribution in [0.1, 0.15) is 28.8 Å². The maximum absolute atomic E-state index is 13.2. The molecule has 35 heavy (non-hydrogen) atoms. The maximum Gasteiger partial charge on any atom is 0.343 e. The number of ether oxygens (including phenoxy) is 2. The molecule has 1 saturated heterocycles. The summed E-state index contributed by atoms with van der Waals surface area (Å²) >= 11 is 6.39. The van der Waals surface area contributed by atoms with E-state index in [9.17, 15) is 4.79 Å². The fraction of sp³-hybridized carbons (Fsp3) is 0.370. The molecule has 0 saturated carbocycles. The number of benzene rings is 2. The molecule has 1 heterocycles. The number of carbonyl (C=O) groups is 1. The van der Waals surface area contributed by atoms with Crippen LogP contribution in [0.4, 0.5) is 0 Å². The molecule has 1 aliphatic heterocycles. The molecule has 0 amide bonds. The molecule has 2 aromatic rings. The van der Waals surface area contributed by atoms with Crippen LogP contribution in [0, 0.1) is 0 Å². The number of allylic oxidation sites excluding steroid dienone is 2. The van der Waals surface area contributed by atoms with Crippen LogP contribution in [-0.4, -0.2) is 74.7 Å². The Morgan fingerprint density at radius 2 is 1.43 bits per heavy atom. The monoisotopic (exact) mass is 511 g/mol. The Bertz CT molecular complexity index is 1140. The molecule has 0 spiro atoms. The van der Waals surface area contributed by atoms with Crippen LogP contribution < -0.4 is 0 Å². The average molecular weight is 512 g/mol. The van der Waals surface area contributed by atoms with Gasteiger partial charge in [-0.3, -0.25) is 9.34 Å². The second-order valence-electron chi connectivity index (χ2n) is 9.06. The van der Waals surface area contributed by atoms with Gasteiger partial charge in [0.05, 0.1) is 24.5 Å². The van der Waals surface area contributed by atoms with Crippen molar-refractivity contribution in [3.63, 3.8) is 0 Å². The standard InChI is InChI=1S/C27H34N3O3PS/c1-28(2)34(35,29(3)4)24-16-15-23(25(24)30-17-19-32-20-18-30)26(21-11-7-5-8-12-21)33-27(31)22-13-9-6-10-14-22/h5-14H,15-20H2,1-4H3/b26-23-. The Morgan fingerprint density at radius 3 is 1.97 bits per heavy atom. The van der Waals surface area contributed by atoms with E-state index in [1.54, 1.807) is 12.1 Å². The first-order valence-corrected chi connectivity index (χ1v) is 14.6. The molecule has 8 heteroatoms. The number of morpholine rings is 1. The minimum absolute atomic E-state index is 0.355. The molecule has 2 aromatic carbocycles. The van der Waals surface area contributed by atoms with Gasteiger partial charge in [0.15, 0.2) is 0 Å². The van der Waals surface area contributed by atoms with Gasteiger partial charge in [-0.25, -0.2) is 4.79 Å². The van der Waals surface area contributed by atoms with Crippen molar-refractivity contribution >= 4 is 29.9 Å². The first kappa shape index (κ1) is 25.8. The van der Waals surface area contributed by atoms with E-state index in [1.165, 1.54) is 5.31 Å². The molecular formula is C27H34N3O3PS. The van der Waals surface area contributed by atoms with E-state index in [1.807, 2.05) is 48.5 Å². The molecule has 1 fully saturated rings. The Balaban J connectivity index is 1.92. The highest BCUT2D eigenvalue weighted by Gasteiger charge is 2.39. The fourth-order valence-electron chi connectivity index (χ4n) is 4.77. The quantitative estimate of drug-likeness (QED) is 0.294. The Labute approximate surface area is 213 Å². The molecule has 0 radical (unpaired) electrons. The molecular weight excluding hydrogens is 477 g/mol. The van der Waals surface area contributed by atoms with Crippen LogP contribution >= 0.6 is 6.34 Å². The summed E-state index contributed by atoms with van der Waals surface area (Å²) in [5.41, 5.74) is 3.61. The van der Waals surface area contributed by atoms with Crippen molar-refractivity contribution < 1.29 is 14.3 Å². The zero-order valence-corrected chi connectivity index (χ0v) is 22.6. The number of nitrogens with zero attached hydrogens (tertiary/aromatic N) is 3. The summed E-state index contributed by atoms with van der Waals surface area (Å²) in [5, 5.41) is 1.27. The van der Waals surface area contributed by atoms with Crippen LogP contribution in [0.5, 0.6) is 0 Å². The zero-order chi connectivity index (χ0) is 25.0. The minimum atomic E-state index is -2.17. The number of rotatable bonds is 7. The van der Waals surface area contributed by atoms with Gasteiger partial charge in [-0.15, -0.1) is 0 Å². The van der Waals surface area contributed by atoms with Crippen molar-refractivity contribution in [1.82, 2.24) is 14.2 Å². The number of hydrogen-bond acceptors (Lipinski definition) is 5. The highest BCUT2D eigenvalue weighted by atomic mass is 32.4. The molecule has 0 aromatic heterocycles. The van der Waals surface area contributed by atoms with Crippen molar-refractivity contribution in [2.24, 2.45) is 0 Å². The van der Waals surface area contributed by atoms with Gasteiger partial charge in [0.1, 0.15) is 12.1 Å². The minimum Gasteiger partial charge on any atom is -0.422 e. The van der Waals surface area contributed by atoms with Crippen LogP contribution in [0.2, 0.25) is 0 Å². The summed E-state index contributed by atoms with van der Waals surface area (Å²) in [4.78, 5) is 15.6. The number of carbonyl (C=O) groups excluding carboxylic acids is 1. The van der Waals surface area contributed by atoms with E-state index < -0.39 is 6.34 Å². The largest absolute Gasteiger partial charge is 0.422 e. The molecule has 0 N–H and O–H groups in total. The van der Waals surface area contributed by atoms with Crippen molar-refractivity contribution in [3.8, 4) is 0 Å². The lowest BCUT2D eigenvalue weighted by Crippen LogP contribution is -2.37. The average Bonchev–Trinajstić information content (AvgIpc) is 3.33. The van der Waals surface area contributed by atoms with Gasteiger partial charge in [-0.1, -0.05) is 60.3 Å². The lowest BCUT2D eigenvalue weighted by Gasteiger charge is -2.39. The Morgan fingerprint density at radius 1 is 0.886 bits per heavy atom. The van der Waals surface area contributed by atoms with Crippen molar-refractivity contribution in [2.75, 3.05) is 54.5 Å². The summed E-state index contributed by atoms with van der Waals surface area (Å²) in [6.45, 7) is 2.91. The SMILES string of the molecule is CN(C)P(=S)(C1=C(N2CCOCC2)/C(=C(\OC(=O)c2ccccc2)c2ccccc2)CC1)N(C)C. The van der Waals surface area contributed by atoms with E-state index in [4.69, 9.17) is 21.3 Å². The highest BCUT2D eigenvalue weighted by Crippen LogP contribution is 2.64. The number of esters is 1. The van der Waals surface area contributed by atoms with Crippen LogP contribution in [0.15, 0.2) is 77.2 Å². The summed E-state index contributed by atoms with van der Waals surface area (Å²) in [6.07, 6.45) is -0.558. The predicted octanol–water partition coefficient (Wildman–Crippen LogP) is 5.03. The van der Waals surface area contributed by atoms with Crippen LogP contribution in [0.3, 0.4) is 0 Å². The van der Waals surface area contributed by atoms with E-state index in [0.29, 0.717) is 24.5 Å². The van der Waals surface area contributed by atoms with Crippen molar-refractivity contribution in [3.05, 3.63) is 88.4 Å². The summed E-state index contributed by atoms with van der Waals surface area (Å²) < 4.78 is 16.3. The first-order chi connectivity index (χ1) is 16.8. The molecule has 4 rings (SSSR count). The van der Waals surface area contributed by atoms with Crippen LogP contribution in [-0.2, 0) is 21.3 Å². The first-order valence-electron chi connectivity index (χ1n) is 11.9. The van der Waals surface area contributed by atoms with Gasteiger partial charge >= 0.3 is 5.97 Å². The van der Waals surface area contributed by atoms with E-state index in [-0.39, 0.29) is 5.97 Å². The van der Waals surface area contributed by atoms with Gasteiger partial charge in [0.25, 0.3) is 0 Å². The van der Waals surface area contributed by atoms with Gasteiger partial charge in [-0.2, -0.15) is 0 Å². The van der Waals surface area contributed by atoms with Crippen molar-refractivity contribution in [2.45, 2.75) is 12.8 Å². The molecule has 0 atom stereocenters. The van der Waals surface area contributed by atoms with Gasteiger partial charge in [0, 0.05) is 29.5 Å². The number of hydrogen-bond donors (Lipinski definition) is 0. The van der Waals surface area contributed by atoms with E-state index in [2.05, 4.69) is 42.4 Å². The highest BCUT2D eigenvalue weighted by molar-refractivity contribution is 8.14. The predicted molar refractivity (Wildman–Crippen MR) is 146 cm³/mol. The van der Waals surface area contributed by atoms with Crippen molar-refractivity contribution in [1.29, 1.82) is 0 Å². The summed E-state index contributed by atoms with van der Waals surface area (Å²) in [7, 11) is 8.28. The second-order valence-corrected chi connectivity index (χ2v) is 13.8. The molecule has 2 aliphatic rings. The van der Waals surface area contributed by atoms with Gasteiger partial charge in [-0.05, 0) is 53.2 Å². The molecule has 6 nitrogen and oxygen atoms in total. The lowest BCUT2D eigenvalue weighted by molar-refractivity contribution is 0.0544. The molecule has 0 unspecified atom stereocenters. The Kier molecular flexibility index (Phi) is 8.25. The van der Waals surface area contributed by atoms with Gasteiger partial charge < -0.3 is 14.4 Å². The second kappa shape index (κ2) is 11.2. The third kappa shape index (κ3) is 5.30. The third-order valence-corrected chi connectivity index (χ3v) is 12.4. The van der Waals surface area contributed by atoms with Crippen LogP contribution in [0.25, 0.3) is 5.76 Å². The maximum atomic E-state index is 13.2. The van der Waals surface area contributed by atoms with E-state index >= 15 is 0 Å². The zero-order valence-electron chi connectivity index (χ0n) is 20.9. The Hall–Kier alpha value is -2.28. The lowest BCUT2D eigenvalue weighted by atomic mass is 10.0. The smallest absolute Gasteiger partial charge is 0.343 e. The fourth-order valence-corrected chi connectivity index (χ4v) is 7.94. The molecule has 1 aliphatic carbocycles. The normalized spacial score (nSPS) is 18.4. The third-order valence-electron chi connectivity index (χ3n) is 6.45. The summed E-state index contributed by atoms with van der Waals surface area (Å²) in [6, 6.07) is 19.1. The van der Waals surface area contributed by atoms with E-state index in [0.717, 1.165) is 42.8 Å². The molecule has 186 valence electrons.